The molecule has 0 saturated carbocycles. The Bertz CT molecular complexity index is 939. The number of benzene rings is 2. The van der Waals surface area contributed by atoms with Gasteiger partial charge in [-0.3, -0.25) is 9.52 Å². The maximum atomic E-state index is 12.7. The van der Waals surface area contributed by atoms with Crippen molar-refractivity contribution in [2.45, 2.75) is 31.7 Å². The Morgan fingerprint density at radius 1 is 1.15 bits per heavy atom. The van der Waals surface area contributed by atoms with Crippen molar-refractivity contribution in [3.63, 3.8) is 0 Å². The van der Waals surface area contributed by atoms with E-state index in [1.807, 2.05) is 24.8 Å². The summed E-state index contributed by atoms with van der Waals surface area (Å²) in [4.78, 5) is 14.7. The van der Waals surface area contributed by atoms with Crippen LogP contribution in [0, 0.1) is 13.8 Å². The number of nitrogens with one attached hydrogen (secondary N) is 2. The first-order valence-electron chi connectivity index (χ1n) is 8.99. The van der Waals surface area contributed by atoms with E-state index >= 15 is 0 Å². The normalized spacial score (nSPS) is 17.6. The smallest absolute Gasteiger partial charge is 0.262 e. The van der Waals surface area contributed by atoms with Crippen molar-refractivity contribution < 1.29 is 13.2 Å². The minimum Gasteiger partial charge on any atom is -0.336 e. The van der Waals surface area contributed by atoms with Gasteiger partial charge in [-0.1, -0.05) is 12.1 Å². The van der Waals surface area contributed by atoms with Crippen molar-refractivity contribution in [1.82, 2.24) is 10.2 Å². The van der Waals surface area contributed by atoms with E-state index < -0.39 is 10.0 Å². The number of nitrogens with zero attached hydrogens (tertiary/aromatic N) is 1. The van der Waals surface area contributed by atoms with Crippen LogP contribution in [0.3, 0.4) is 0 Å². The molecule has 0 spiro atoms. The summed E-state index contributed by atoms with van der Waals surface area (Å²) >= 11 is 0. The second kappa shape index (κ2) is 7.70. The van der Waals surface area contributed by atoms with Crippen LogP contribution in [0.2, 0.25) is 0 Å². The Balaban J connectivity index is 1.75. The van der Waals surface area contributed by atoms with Crippen molar-refractivity contribution in [1.29, 1.82) is 0 Å². The fourth-order valence-corrected chi connectivity index (χ4v) is 4.58. The van der Waals surface area contributed by atoms with Gasteiger partial charge in [-0.15, -0.1) is 0 Å². The summed E-state index contributed by atoms with van der Waals surface area (Å²) < 4.78 is 28.0. The summed E-state index contributed by atoms with van der Waals surface area (Å²) in [6.07, 6.45) is 0. The van der Waals surface area contributed by atoms with Crippen LogP contribution in [-0.2, 0) is 10.0 Å². The second-order valence-corrected chi connectivity index (χ2v) is 8.71. The number of hydrogen-bond acceptors (Lipinski definition) is 4. The number of hydrogen-bond donors (Lipinski definition) is 2. The molecule has 1 atom stereocenters. The van der Waals surface area contributed by atoms with Crippen LogP contribution in [0.1, 0.15) is 28.4 Å². The molecule has 1 heterocycles. The van der Waals surface area contributed by atoms with Gasteiger partial charge in [0.15, 0.2) is 0 Å². The van der Waals surface area contributed by atoms with Crippen LogP contribution in [0.5, 0.6) is 0 Å². The molecule has 1 aliphatic heterocycles. The van der Waals surface area contributed by atoms with Crippen LogP contribution >= 0.6 is 0 Å². The quantitative estimate of drug-likeness (QED) is 0.845. The summed E-state index contributed by atoms with van der Waals surface area (Å²) in [5, 5.41) is 3.31. The van der Waals surface area contributed by atoms with Crippen molar-refractivity contribution in [2.24, 2.45) is 0 Å². The lowest BCUT2D eigenvalue weighted by atomic mass is 10.1. The Labute approximate surface area is 160 Å². The molecule has 0 aromatic heterocycles. The van der Waals surface area contributed by atoms with Crippen LogP contribution in [0.25, 0.3) is 0 Å². The zero-order valence-corrected chi connectivity index (χ0v) is 16.6. The zero-order chi connectivity index (χ0) is 19.6. The molecule has 27 heavy (non-hydrogen) atoms. The average molecular weight is 388 g/mol. The minimum atomic E-state index is -3.68. The number of rotatable bonds is 4. The maximum Gasteiger partial charge on any atom is 0.262 e. The van der Waals surface area contributed by atoms with Gasteiger partial charge in [-0.2, -0.15) is 0 Å². The Hall–Kier alpha value is -2.38. The lowest BCUT2D eigenvalue weighted by molar-refractivity contribution is 0.0709. The molecule has 1 saturated heterocycles. The van der Waals surface area contributed by atoms with E-state index in [0.717, 1.165) is 12.1 Å². The number of amides is 1. The van der Waals surface area contributed by atoms with Crippen molar-refractivity contribution in [3.8, 4) is 0 Å². The van der Waals surface area contributed by atoms with Gasteiger partial charge in [-0.05, 0) is 62.2 Å². The summed E-state index contributed by atoms with van der Waals surface area (Å²) in [7, 11) is -3.68. The summed E-state index contributed by atoms with van der Waals surface area (Å²) in [6.45, 7) is 7.79. The summed E-state index contributed by atoms with van der Waals surface area (Å²) in [6, 6.07) is 12.2. The monoisotopic (exact) mass is 387 g/mol. The topological polar surface area (TPSA) is 78.5 Å². The first-order chi connectivity index (χ1) is 12.8. The Morgan fingerprint density at radius 2 is 1.85 bits per heavy atom. The number of carbonyl (C=O) groups excluding carboxylic acids is 1. The molecule has 2 N–H and O–H groups in total. The van der Waals surface area contributed by atoms with Gasteiger partial charge in [0.2, 0.25) is 0 Å². The number of aryl methyl sites for hydroxylation is 2. The zero-order valence-electron chi connectivity index (χ0n) is 15.8. The highest BCUT2D eigenvalue weighted by atomic mass is 32.2. The van der Waals surface area contributed by atoms with E-state index in [-0.39, 0.29) is 16.8 Å². The van der Waals surface area contributed by atoms with Gasteiger partial charge in [0.25, 0.3) is 15.9 Å². The van der Waals surface area contributed by atoms with Crippen LogP contribution in [-0.4, -0.2) is 44.9 Å². The SMILES string of the molecule is Cc1ccc(C)c(S(=O)(=O)Nc2ccc(C(=O)N3CCNC(C)C3)cc2)c1. The predicted molar refractivity (Wildman–Crippen MR) is 107 cm³/mol. The lowest BCUT2D eigenvalue weighted by Gasteiger charge is -2.32. The highest BCUT2D eigenvalue weighted by molar-refractivity contribution is 7.92. The third-order valence-electron chi connectivity index (χ3n) is 4.67. The van der Waals surface area contributed by atoms with E-state index in [1.165, 1.54) is 0 Å². The highest BCUT2D eigenvalue weighted by Gasteiger charge is 2.22. The molecule has 1 amide bonds. The third-order valence-corrected chi connectivity index (χ3v) is 6.20. The summed E-state index contributed by atoms with van der Waals surface area (Å²) in [5.74, 6) is -0.0349. The largest absolute Gasteiger partial charge is 0.336 e. The Morgan fingerprint density at radius 3 is 2.52 bits per heavy atom. The average Bonchev–Trinajstić information content (AvgIpc) is 2.63. The molecular weight excluding hydrogens is 362 g/mol. The molecule has 2 aromatic rings. The third kappa shape index (κ3) is 4.48. The molecule has 1 unspecified atom stereocenters. The number of sulfonamides is 1. The maximum absolute atomic E-state index is 12.7. The number of anilines is 1. The molecule has 7 heteroatoms. The number of piperazine rings is 1. The van der Waals surface area contributed by atoms with E-state index in [2.05, 4.69) is 10.0 Å². The number of carbonyl (C=O) groups is 1. The molecule has 3 rings (SSSR count). The molecule has 144 valence electrons. The van der Waals surface area contributed by atoms with Crippen molar-refractivity contribution in [3.05, 3.63) is 59.2 Å². The van der Waals surface area contributed by atoms with Gasteiger partial charge in [0.05, 0.1) is 4.90 Å². The van der Waals surface area contributed by atoms with Gasteiger partial charge >= 0.3 is 0 Å². The molecule has 6 nitrogen and oxygen atoms in total. The van der Waals surface area contributed by atoms with Crippen LogP contribution in [0.4, 0.5) is 5.69 Å². The predicted octanol–water partition coefficient (Wildman–Crippen LogP) is 2.54. The molecule has 1 fully saturated rings. The van der Waals surface area contributed by atoms with Gasteiger partial charge < -0.3 is 10.2 Å². The van der Waals surface area contributed by atoms with Crippen molar-refractivity contribution in [2.75, 3.05) is 24.4 Å². The van der Waals surface area contributed by atoms with Crippen LogP contribution < -0.4 is 10.0 Å². The molecule has 0 radical (unpaired) electrons. The molecule has 0 aliphatic carbocycles. The molecular formula is C20H25N3O3S. The van der Waals surface area contributed by atoms with Gasteiger partial charge in [0.1, 0.15) is 0 Å². The first-order valence-corrected chi connectivity index (χ1v) is 10.5. The Kier molecular flexibility index (Phi) is 5.53. The van der Waals surface area contributed by atoms with Crippen LogP contribution in [0.15, 0.2) is 47.4 Å². The standard InChI is InChI=1S/C20H25N3O3S/c1-14-4-5-15(2)19(12-14)27(25,26)22-18-8-6-17(7-9-18)20(24)23-11-10-21-16(3)13-23/h4-9,12,16,21-22H,10-11,13H2,1-3H3. The van der Waals surface area contributed by atoms with E-state index in [4.69, 9.17) is 0 Å². The van der Waals surface area contributed by atoms with E-state index in [0.29, 0.717) is 29.9 Å². The fraction of sp³-hybridized carbons (Fsp3) is 0.350. The molecule has 0 bridgehead atoms. The van der Waals surface area contributed by atoms with Gasteiger partial charge in [-0.25, -0.2) is 8.42 Å². The van der Waals surface area contributed by atoms with E-state index in [9.17, 15) is 13.2 Å². The minimum absolute atomic E-state index is 0.0349. The molecule has 2 aromatic carbocycles. The molecule has 1 aliphatic rings. The highest BCUT2D eigenvalue weighted by Crippen LogP contribution is 2.21. The van der Waals surface area contributed by atoms with E-state index in [1.54, 1.807) is 43.3 Å². The fourth-order valence-electron chi connectivity index (χ4n) is 3.19. The lowest BCUT2D eigenvalue weighted by Crippen LogP contribution is -2.51. The van der Waals surface area contributed by atoms with Gasteiger partial charge in [0, 0.05) is 36.9 Å². The first kappa shape index (κ1) is 19.4. The summed E-state index contributed by atoms with van der Waals surface area (Å²) in [5.41, 5.74) is 2.56. The second-order valence-electron chi connectivity index (χ2n) is 7.06. The van der Waals surface area contributed by atoms with Crippen molar-refractivity contribution >= 4 is 21.6 Å².